The molecule has 0 atom stereocenters. The molecule has 0 aromatic carbocycles. The van der Waals surface area contributed by atoms with Crippen molar-refractivity contribution in [1.82, 2.24) is 15.5 Å². The Balaban J connectivity index is 0.000000461. The van der Waals surface area contributed by atoms with Gasteiger partial charge in [0.25, 0.3) is 0 Å². The number of aromatic nitrogens is 2. The summed E-state index contributed by atoms with van der Waals surface area (Å²) >= 11 is 0. The SMILES string of the molecule is CC.Cc1cc(C2CCNCC2)n[nH]1. The van der Waals surface area contributed by atoms with Crippen LogP contribution in [0.3, 0.4) is 0 Å². The van der Waals surface area contributed by atoms with Crippen LogP contribution >= 0.6 is 0 Å². The number of hydrogen-bond acceptors (Lipinski definition) is 2. The van der Waals surface area contributed by atoms with E-state index in [1.54, 1.807) is 0 Å². The number of rotatable bonds is 1. The molecule has 0 aliphatic carbocycles. The Hall–Kier alpha value is -0.830. The Morgan fingerprint density at radius 2 is 1.93 bits per heavy atom. The summed E-state index contributed by atoms with van der Waals surface area (Å²) < 4.78 is 0. The predicted octanol–water partition coefficient (Wildman–Crippen LogP) is 2.21. The fourth-order valence-electron chi connectivity index (χ4n) is 1.77. The minimum atomic E-state index is 0.677. The van der Waals surface area contributed by atoms with E-state index in [1.807, 2.05) is 13.8 Å². The lowest BCUT2D eigenvalue weighted by molar-refractivity contribution is 0.453. The summed E-state index contributed by atoms with van der Waals surface area (Å²) in [5, 5.41) is 10.6. The smallest absolute Gasteiger partial charge is 0.0656 e. The Morgan fingerprint density at radius 1 is 1.29 bits per heavy atom. The molecule has 2 heterocycles. The summed E-state index contributed by atoms with van der Waals surface area (Å²) in [4.78, 5) is 0. The third-order valence-corrected chi connectivity index (χ3v) is 2.48. The fraction of sp³-hybridized carbons (Fsp3) is 0.727. The lowest BCUT2D eigenvalue weighted by Gasteiger charge is -2.20. The quantitative estimate of drug-likeness (QED) is 0.721. The number of nitrogens with zero attached hydrogens (tertiary/aromatic N) is 1. The Bertz CT molecular complexity index is 249. The van der Waals surface area contributed by atoms with Gasteiger partial charge in [-0.15, -0.1) is 0 Å². The van der Waals surface area contributed by atoms with E-state index in [0.717, 1.165) is 13.1 Å². The summed E-state index contributed by atoms with van der Waals surface area (Å²) in [7, 11) is 0. The first-order valence-corrected chi connectivity index (χ1v) is 5.59. The van der Waals surface area contributed by atoms with Gasteiger partial charge < -0.3 is 5.32 Å². The second-order valence-electron chi connectivity index (χ2n) is 3.50. The molecule has 0 amide bonds. The Kier molecular flexibility index (Phi) is 4.66. The van der Waals surface area contributed by atoms with E-state index in [2.05, 4.69) is 28.5 Å². The molecule has 0 bridgehead atoms. The number of aryl methyl sites for hydroxylation is 1. The molecule has 1 aromatic rings. The van der Waals surface area contributed by atoms with E-state index in [1.165, 1.54) is 24.2 Å². The lowest BCUT2D eigenvalue weighted by atomic mass is 9.95. The van der Waals surface area contributed by atoms with Crippen molar-refractivity contribution in [2.75, 3.05) is 13.1 Å². The first-order chi connectivity index (χ1) is 6.86. The van der Waals surface area contributed by atoms with Crippen molar-refractivity contribution in [3.8, 4) is 0 Å². The van der Waals surface area contributed by atoms with Crippen LogP contribution in [0.15, 0.2) is 6.07 Å². The number of aromatic amines is 1. The van der Waals surface area contributed by atoms with E-state index in [9.17, 15) is 0 Å². The van der Waals surface area contributed by atoms with Gasteiger partial charge in [0, 0.05) is 11.6 Å². The summed E-state index contributed by atoms with van der Waals surface area (Å²) in [5.41, 5.74) is 2.41. The molecule has 2 N–H and O–H groups in total. The van der Waals surface area contributed by atoms with E-state index >= 15 is 0 Å². The van der Waals surface area contributed by atoms with Crippen LogP contribution in [0, 0.1) is 6.92 Å². The molecule has 0 saturated carbocycles. The highest BCUT2D eigenvalue weighted by molar-refractivity contribution is 5.12. The van der Waals surface area contributed by atoms with Crippen molar-refractivity contribution in [1.29, 1.82) is 0 Å². The van der Waals surface area contributed by atoms with Crippen LogP contribution in [-0.4, -0.2) is 23.3 Å². The van der Waals surface area contributed by atoms with Crippen LogP contribution in [0.25, 0.3) is 0 Å². The Labute approximate surface area is 86.3 Å². The van der Waals surface area contributed by atoms with Gasteiger partial charge in [0.1, 0.15) is 0 Å². The summed E-state index contributed by atoms with van der Waals surface area (Å²) in [6.45, 7) is 8.32. The molecule has 1 aromatic heterocycles. The molecular formula is C11H21N3. The van der Waals surface area contributed by atoms with Crippen molar-refractivity contribution in [2.24, 2.45) is 0 Å². The van der Waals surface area contributed by atoms with Gasteiger partial charge in [-0.3, -0.25) is 5.10 Å². The van der Waals surface area contributed by atoms with Gasteiger partial charge in [0.15, 0.2) is 0 Å². The van der Waals surface area contributed by atoms with Gasteiger partial charge in [-0.2, -0.15) is 5.10 Å². The third-order valence-electron chi connectivity index (χ3n) is 2.48. The van der Waals surface area contributed by atoms with Crippen molar-refractivity contribution < 1.29 is 0 Å². The summed E-state index contributed by atoms with van der Waals surface area (Å²) in [6, 6.07) is 2.16. The average molecular weight is 195 g/mol. The number of piperidine rings is 1. The molecule has 1 aliphatic heterocycles. The van der Waals surface area contributed by atoms with Crippen LogP contribution in [0.5, 0.6) is 0 Å². The van der Waals surface area contributed by atoms with Gasteiger partial charge in [-0.05, 0) is 38.9 Å². The molecule has 14 heavy (non-hydrogen) atoms. The van der Waals surface area contributed by atoms with Crippen LogP contribution in [0.1, 0.15) is 44.0 Å². The molecule has 3 nitrogen and oxygen atoms in total. The van der Waals surface area contributed by atoms with Gasteiger partial charge >= 0.3 is 0 Å². The van der Waals surface area contributed by atoms with Crippen LogP contribution in [0.4, 0.5) is 0 Å². The minimum Gasteiger partial charge on any atom is -0.317 e. The second kappa shape index (κ2) is 5.81. The zero-order valence-corrected chi connectivity index (χ0v) is 9.43. The molecule has 0 spiro atoms. The van der Waals surface area contributed by atoms with Gasteiger partial charge in [-0.25, -0.2) is 0 Å². The average Bonchev–Trinajstić information content (AvgIpc) is 2.69. The maximum atomic E-state index is 4.29. The molecule has 3 heteroatoms. The van der Waals surface area contributed by atoms with Gasteiger partial charge in [-0.1, -0.05) is 13.8 Å². The van der Waals surface area contributed by atoms with Crippen molar-refractivity contribution in [3.05, 3.63) is 17.5 Å². The highest BCUT2D eigenvalue weighted by Crippen LogP contribution is 2.23. The maximum absolute atomic E-state index is 4.29. The first-order valence-electron chi connectivity index (χ1n) is 5.59. The number of hydrogen-bond donors (Lipinski definition) is 2. The van der Waals surface area contributed by atoms with E-state index in [0.29, 0.717) is 5.92 Å². The second-order valence-corrected chi connectivity index (χ2v) is 3.50. The predicted molar refractivity (Wildman–Crippen MR) is 59.5 cm³/mol. The summed E-state index contributed by atoms with van der Waals surface area (Å²) in [6.07, 6.45) is 2.45. The Morgan fingerprint density at radius 3 is 2.43 bits per heavy atom. The maximum Gasteiger partial charge on any atom is 0.0656 e. The van der Waals surface area contributed by atoms with E-state index in [-0.39, 0.29) is 0 Å². The normalized spacial score (nSPS) is 17.4. The third kappa shape index (κ3) is 2.84. The molecule has 80 valence electrons. The minimum absolute atomic E-state index is 0.677. The highest BCUT2D eigenvalue weighted by atomic mass is 15.1. The topological polar surface area (TPSA) is 40.7 Å². The molecule has 1 saturated heterocycles. The number of nitrogens with one attached hydrogen (secondary N) is 2. The molecule has 0 unspecified atom stereocenters. The zero-order valence-electron chi connectivity index (χ0n) is 9.43. The fourth-order valence-corrected chi connectivity index (χ4v) is 1.77. The van der Waals surface area contributed by atoms with Crippen LogP contribution in [-0.2, 0) is 0 Å². The lowest BCUT2D eigenvalue weighted by Crippen LogP contribution is -2.26. The van der Waals surface area contributed by atoms with Gasteiger partial charge in [0.2, 0.25) is 0 Å². The standard InChI is InChI=1S/C9H15N3.C2H6/c1-7-6-9(12-11-7)8-2-4-10-5-3-8;1-2/h6,8,10H,2-5H2,1H3,(H,11,12);1-2H3. The van der Waals surface area contributed by atoms with Crippen molar-refractivity contribution in [2.45, 2.75) is 39.5 Å². The van der Waals surface area contributed by atoms with E-state index < -0.39 is 0 Å². The van der Waals surface area contributed by atoms with Gasteiger partial charge in [0.05, 0.1) is 5.69 Å². The highest BCUT2D eigenvalue weighted by Gasteiger charge is 2.16. The van der Waals surface area contributed by atoms with Crippen LogP contribution < -0.4 is 5.32 Å². The molecular weight excluding hydrogens is 174 g/mol. The molecule has 1 fully saturated rings. The first kappa shape index (κ1) is 11.2. The summed E-state index contributed by atoms with van der Waals surface area (Å²) in [5.74, 6) is 0.677. The molecule has 2 rings (SSSR count). The monoisotopic (exact) mass is 195 g/mol. The van der Waals surface area contributed by atoms with Crippen LogP contribution in [0.2, 0.25) is 0 Å². The number of H-pyrrole nitrogens is 1. The van der Waals surface area contributed by atoms with E-state index in [4.69, 9.17) is 0 Å². The largest absolute Gasteiger partial charge is 0.317 e. The van der Waals surface area contributed by atoms with Crippen molar-refractivity contribution in [3.63, 3.8) is 0 Å². The molecule has 1 aliphatic rings. The zero-order chi connectivity index (χ0) is 10.4. The van der Waals surface area contributed by atoms with Crippen molar-refractivity contribution >= 4 is 0 Å². The molecule has 0 radical (unpaired) electrons.